The second-order valence-electron chi connectivity index (χ2n) is 4.58. The zero-order valence-corrected chi connectivity index (χ0v) is 12.3. The molecule has 1 aromatic heterocycles. The summed E-state index contributed by atoms with van der Waals surface area (Å²) in [6.07, 6.45) is 0. The first-order chi connectivity index (χ1) is 9.97. The van der Waals surface area contributed by atoms with Crippen molar-refractivity contribution in [1.29, 1.82) is 0 Å². The highest BCUT2D eigenvalue weighted by Gasteiger charge is 2.14. The van der Waals surface area contributed by atoms with Gasteiger partial charge in [0.15, 0.2) is 5.78 Å². The number of carbonyl (C=O) groups excluding carboxylic acids is 1. The van der Waals surface area contributed by atoms with Gasteiger partial charge in [0.25, 0.3) is 10.9 Å². The first-order valence-electron chi connectivity index (χ1n) is 6.21. The maximum Gasteiger partial charge on any atom is 0.277 e. The average molecular weight is 307 g/mol. The standard InChI is InChI=1S/C13H13N3O4S/c1-8(2)12-14-15-13(20-12)21-7-11(17)9-3-5-10(6-4-9)16(18)19/h3-6,8H,7H2,1-2H3. The van der Waals surface area contributed by atoms with E-state index in [4.69, 9.17) is 4.42 Å². The van der Waals surface area contributed by atoms with Crippen molar-refractivity contribution in [2.24, 2.45) is 0 Å². The van der Waals surface area contributed by atoms with Gasteiger partial charge in [-0.05, 0) is 12.1 Å². The number of ketones is 1. The highest BCUT2D eigenvalue weighted by atomic mass is 32.2. The van der Waals surface area contributed by atoms with E-state index in [9.17, 15) is 14.9 Å². The molecule has 110 valence electrons. The minimum absolute atomic E-state index is 0.0438. The molecule has 0 amide bonds. The predicted molar refractivity (Wildman–Crippen MR) is 76.5 cm³/mol. The Morgan fingerprint density at radius 1 is 1.33 bits per heavy atom. The van der Waals surface area contributed by atoms with E-state index in [0.717, 1.165) is 11.8 Å². The minimum atomic E-state index is -0.505. The van der Waals surface area contributed by atoms with E-state index < -0.39 is 4.92 Å². The van der Waals surface area contributed by atoms with Crippen LogP contribution in [0.2, 0.25) is 0 Å². The van der Waals surface area contributed by atoms with Crippen molar-refractivity contribution in [3.63, 3.8) is 0 Å². The monoisotopic (exact) mass is 307 g/mol. The van der Waals surface area contributed by atoms with Crippen LogP contribution in [0.25, 0.3) is 0 Å². The van der Waals surface area contributed by atoms with E-state index in [1.54, 1.807) is 0 Å². The fourth-order valence-electron chi connectivity index (χ4n) is 1.49. The Bertz CT molecular complexity index is 652. The van der Waals surface area contributed by atoms with Crippen molar-refractivity contribution in [2.45, 2.75) is 25.0 Å². The van der Waals surface area contributed by atoms with Crippen LogP contribution in [0.15, 0.2) is 33.9 Å². The zero-order valence-electron chi connectivity index (χ0n) is 11.5. The molecular formula is C13H13N3O4S. The van der Waals surface area contributed by atoms with Crippen molar-refractivity contribution in [3.8, 4) is 0 Å². The van der Waals surface area contributed by atoms with Gasteiger partial charge in [-0.1, -0.05) is 25.6 Å². The lowest BCUT2D eigenvalue weighted by Gasteiger charge is -1.99. The zero-order chi connectivity index (χ0) is 15.4. The summed E-state index contributed by atoms with van der Waals surface area (Å²) in [4.78, 5) is 22.0. The van der Waals surface area contributed by atoms with Crippen LogP contribution in [0.1, 0.15) is 36.0 Å². The highest BCUT2D eigenvalue weighted by molar-refractivity contribution is 7.99. The molecule has 0 aliphatic carbocycles. The van der Waals surface area contributed by atoms with Crippen molar-refractivity contribution >= 4 is 23.2 Å². The third-order valence-electron chi connectivity index (χ3n) is 2.64. The number of non-ortho nitro benzene ring substituents is 1. The number of rotatable bonds is 6. The smallest absolute Gasteiger partial charge is 0.277 e. The van der Waals surface area contributed by atoms with Crippen LogP contribution < -0.4 is 0 Å². The lowest BCUT2D eigenvalue weighted by atomic mass is 10.1. The van der Waals surface area contributed by atoms with Crippen molar-refractivity contribution in [2.75, 3.05) is 5.75 Å². The normalized spacial score (nSPS) is 10.8. The average Bonchev–Trinajstić information content (AvgIpc) is 2.94. The number of hydrogen-bond donors (Lipinski definition) is 0. The maximum atomic E-state index is 12.0. The van der Waals surface area contributed by atoms with Gasteiger partial charge in [0, 0.05) is 23.6 Å². The fraction of sp³-hybridized carbons (Fsp3) is 0.308. The summed E-state index contributed by atoms with van der Waals surface area (Å²) < 4.78 is 5.38. The quantitative estimate of drug-likeness (QED) is 0.350. The summed E-state index contributed by atoms with van der Waals surface area (Å²) >= 11 is 1.15. The third kappa shape index (κ3) is 3.88. The van der Waals surface area contributed by atoms with Crippen LogP contribution in [-0.4, -0.2) is 26.7 Å². The highest BCUT2D eigenvalue weighted by Crippen LogP contribution is 2.21. The lowest BCUT2D eigenvalue weighted by Crippen LogP contribution is -2.02. The maximum absolute atomic E-state index is 12.0. The number of carbonyl (C=O) groups is 1. The number of nitro groups is 1. The largest absolute Gasteiger partial charge is 0.416 e. The second kappa shape index (κ2) is 6.49. The van der Waals surface area contributed by atoms with E-state index in [1.807, 2.05) is 13.8 Å². The molecule has 0 saturated carbocycles. The molecule has 2 aromatic rings. The molecule has 7 nitrogen and oxygen atoms in total. The summed E-state index contributed by atoms with van der Waals surface area (Å²) in [5.74, 6) is 0.647. The number of aromatic nitrogens is 2. The summed E-state index contributed by atoms with van der Waals surface area (Å²) in [6.45, 7) is 3.87. The van der Waals surface area contributed by atoms with Crippen LogP contribution in [0, 0.1) is 10.1 Å². The fourth-order valence-corrected chi connectivity index (χ4v) is 2.16. The van der Waals surface area contributed by atoms with Gasteiger partial charge in [-0.2, -0.15) is 0 Å². The van der Waals surface area contributed by atoms with Gasteiger partial charge >= 0.3 is 0 Å². The van der Waals surface area contributed by atoms with Gasteiger partial charge < -0.3 is 4.42 Å². The van der Waals surface area contributed by atoms with Crippen LogP contribution in [-0.2, 0) is 0 Å². The molecule has 0 unspecified atom stereocenters. The molecule has 1 aromatic carbocycles. The first kappa shape index (κ1) is 15.2. The number of nitro benzene ring substituents is 1. The number of benzene rings is 1. The summed E-state index contributed by atoms with van der Waals surface area (Å²) in [5.41, 5.74) is 0.370. The number of Topliss-reactive ketones (excluding diaryl/α,β-unsaturated/α-hetero) is 1. The molecule has 0 atom stereocenters. The molecule has 0 saturated heterocycles. The van der Waals surface area contributed by atoms with Crippen molar-refractivity contribution < 1.29 is 14.1 Å². The minimum Gasteiger partial charge on any atom is -0.416 e. The molecule has 8 heteroatoms. The Kier molecular flexibility index (Phi) is 4.69. The molecule has 0 aliphatic rings. The molecule has 0 bridgehead atoms. The lowest BCUT2D eigenvalue weighted by molar-refractivity contribution is -0.384. The predicted octanol–water partition coefficient (Wildman–Crippen LogP) is 3.08. The number of hydrogen-bond acceptors (Lipinski definition) is 7. The van der Waals surface area contributed by atoms with Crippen LogP contribution in [0.3, 0.4) is 0 Å². The Morgan fingerprint density at radius 2 is 2.00 bits per heavy atom. The van der Waals surface area contributed by atoms with Gasteiger partial charge in [0.2, 0.25) is 5.89 Å². The van der Waals surface area contributed by atoms with Gasteiger partial charge in [0.1, 0.15) is 0 Å². The molecule has 0 fully saturated rings. The molecular weight excluding hydrogens is 294 g/mol. The first-order valence-corrected chi connectivity index (χ1v) is 7.20. The van der Waals surface area contributed by atoms with Crippen LogP contribution in [0.5, 0.6) is 0 Å². The third-order valence-corrected chi connectivity index (χ3v) is 3.46. The second-order valence-corrected chi connectivity index (χ2v) is 5.50. The number of nitrogens with zero attached hydrogens (tertiary/aromatic N) is 3. The molecule has 21 heavy (non-hydrogen) atoms. The SMILES string of the molecule is CC(C)c1nnc(SCC(=O)c2ccc([N+](=O)[O-])cc2)o1. The molecule has 0 radical (unpaired) electrons. The van der Waals surface area contributed by atoms with Crippen molar-refractivity contribution in [1.82, 2.24) is 10.2 Å². The Hall–Kier alpha value is -2.22. The Labute approximate surface area is 124 Å². The van der Waals surface area contributed by atoms with E-state index in [0.29, 0.717) is 16.7 Å². The number of thioether (sulfide) groups is 1. The van der Waals surface area contributed by atoms with Gasteiger partial charge in [0.05, 0.1) is 10.7 Å². The van der Waals surface area contributed by atoms with Crippen molar-refractivity contribution in [3.05, 3.63) is 45.8 Å². The van der Waals surface area contributed by atoms with E-state index >= 15 is 0 Å². The summed E-state index contributed by atoms with van der Waals surface area (Å²) in [7, 11) is 0. The van der Waals surface area contributed by atoms with Gasteiger partial charge in [-0.15, -0.1) is 10.2 Å². The van der Waals surface area contributed by atoms with Gasteiger partial charge in [-0.3, -0.25) is 14.9 Å². The molecule has 2 rings (SSSR count). The molecule has 0 N–H and O–H groups in total. The topological polar surface area (TPSA) is 99.1 Å². The molecule has 0 aliphatic heterocycles. The van der Waals surface area contributed by atoms with E-state index in [-0.39, 0.29) is 23.1 Å². The molecule has 1 heterocycles. The Morgan fingerprint density at radius 3 is 2.52 bits per heavy atom. The van der Waals surface area contributed by atoms with Gasteiger partial charge in [-0.25, -0.2) is 0 Å². The molecule has 0 spiro atoms. The van der Waals surface area contributed by atoms with E-state index in [2.05, 4.69) is 10.2 Å². The summed E-state index contributed by atoms with van der Waals surface area (Å²) in [5, 5.41) is 18.6. The summed E-state index contributed by atoms with van der Waals surface area (Å²) in [6, 6.07) is 5.49. The Balaban J connectivity index is 1.96. The van der Waals surface area contributed by atoms with Crippen LogP contribution >= 0.6 is 11.8 Å². The van der Waals surface area contributed by atoms with E-state index in [1.165, 1.54) is 24.3 Å². The van der Waals surface area contributed by atoms with Crippen LogP contribution in [0.4, 0.5) is 5.69 Å².